The first-order valence-corrected chi connectivity index (χ1v) is 6.34. The van der Waals surface area contributed by atoms with Crippen LogP contribution in [0.2, 0.25) is 0 Å². The fraction of sp³-hybridized carbons (Fsp3) is 0.636. The van der Waals surface area contributed by atoms with Gasteiger partial charge in [0.25, 0.3) is 0 Å². The van der Waals surface area contributed by atoms with Gasteiger partial charge in [-0.15, -0.1) is 11.3 Å². The molecule has 0 aliphatic rings. The molecule has 0 aromatic carbocycles. The summed E-state index contributed by atoms with van der Waals surface area (Å²) < 4.78 is 0. The second kappa shape index (κ2) is 6.60. The van der Waals surface area contributed by atoms with Crippen molar-refractivity contribution in [2.24, 2.45) is 11.7 Å². The minimum Gasteiger partial charge on any atom is -0.351 e. The van der Waals surface area contributed by atoms with Crippen LogP contribution in [0.25, 0.3) is 0 Å². The molecule has 1 rings (SSSR count). The first kappa shape index (κ1) is 13.1. The number of carbonyl (C=O) groups excluding carboxylic acids is 1. The molecule has 1 unspecified atom stereocenters. The summed E-state index contributed by atoms with van der Waals surface area (Å²) in [7, 11) is 0. The molecule has 0 spiro atoms. The Hall–Kier alpha value is -0.940. The number of hydrogen-bond donors (Lipinski definition) is 2. The highest BCUT2D eigenvalue weighted by Gasteiger charge is 2.11. The van der Waals surface area contributed by atoms with Crippen LogP contribution in [0.3, 0.4) is 0 Å². The van der Waals surface area contributed by atoms with Crippen LogP contribution in [0.5, 0.6) is 0 Å². The molecular formula is C11H19N3OS. The van der Waals surface area contributed by atoms with Crippen molar-refractivity contribution >= 4 is 17.2 Å². The average Bonchev–Trinajstić information content (AvgIpc) is 2.68. The second-order valence-corrected chi connectivity index (χ2v) is 5.21. The molecule has 16 heavy (non-hydrogen) atoms. The zero-order valence-electron chi connectivity index (χ0n) is 9.82. The van der Waals surface area contributed by atoms with Crippen molar-refractivity contribution in [3.05, 3.63) is 16.1 Å². The topological polar surface area (TPSA) is 68.0 Å². The quantitative estimate of drug-likeness (QED) is 0.792. The summed E-state index contributed by atoms with van der Waals surface area (Å²) in [6.07, 6.45) is 3.56. The van der Waals surface area contributed by atoms with Crippen LogP contribution in [0.1, 0.15) is 29.7 Å². The molecule has 0 radical (unpaired) electrons. The molecule has 0 saturated heterocycles. The van der Waals surface area contributed by atoms with Crippen molar-refractivity contribution in [2.45, 2.75) is 33.2 Å². The van der Waals surface area contributed by atoms with Crippen LogP contribution in [-0.4, -0.2) is 17.4 Å². The number of carbonyl (C=O) groups is 1. The van der Waals surface area contributed by atoms with E-state index in [1.165, 1.54) is 0 Å². The molecule has 0 aliphatic heterocycles. The predicted octanol–water partition coefficient (Wildman–Crippen LogP) is 1.44. The van der Waals surface area contributed by atoms with Crippen LogP contribution in [0, 0.1) is 12.8 Å². The highest BCUT2D eigenvalue weighted by Crippen LogP contribution is 2.11. The van der Waals surface area contributed by atoms with E-state index in [1.54, 1.807) is 11.3 Å². The second-order valence-electron chi connectivity index (χ2n) is 3.90. The lowest BCUT2D eigenvalue weighted by molar-refractivity contribution is -0.124. The van der Waals surface area contributed by atoms with Crippen LogP contribution in [0.4, 0.5) is 0 Å². The van der Waals surface area contributed by atoms with E-state index in [-0.39, 0.29) is 11.8 Å². The number of thiazole rings is 1. The Bertz CT molecular complexity index is 338. The fourth-order valence-electron chi connectivity index (χ4n) is 1.39. The molecule has 0 saturated carbocycles. The van der Waals surface area contributed by atoms with E-state index in [1.807, 2.05) is 20.0 Å². The smallest absolute Gasteiger partial charge is 0.223 e. The standard InChI is InChI=1S/C11H19N3OS/c1-8(4-3-5-12)11(15)14-7-10-6-13-9(2)16-10/h6,8H,3-5,7,12H2,1-2H3,(H,14,15). The molecular weight excluding hydrogens is 222 g/mol. The Balaban J connectivity index is 2.29. The van der Waals surface area contributed by atoms with Gasteiger partial charge in [-0.25, -0.2) is 4.98 Å². The van der Waals surface area contributed by atoms with Crippen molar-refractivity contribution < 1.29 is 4.79 Å². The Morgan fingerprint density at radius 3 is 3.00 bits per heavy atom. The predicted molar refractivity (Wildman–Crippen MR) is 66.2 cm³/mol. The summed E-state index contributed by atoms with van der Waals surface area (Å²) in [5.74, 6) is 0.136. The maximum Gasteiger partial charge on any atom is 0.223 e. The molecule has 90 valence electrons. The number of hydrogen-bond acceptors (Lipinski definition) is 4. The van der Waals surface area contributed by atoms with Gasteiger partial charge in [-0.1, -0.05) is 6.92 Å². The molecule has 1 aromatic heterocycles. The van der Waals surface area contributed by atoms with E-state index in [0.29, 0.717) is 13.1 Å². The van der Waals surface area contributed by atoms with Gasteiger partial charge in [-0.3, -0.25) is 4.79 Å². The third kappa shape index (κ3) is 4.28. The van der Waals surface area contributed by atoms with E-state index in [9.17, 15) is 4.79 Å². The third-order valence-electron chi connectivity index (χ3n) is 2.39. The molecule has 0 aliphatic carbocycles. The van der Waals surface area contributed by atoms with Gasteiger partial charge in [-0.05, 0) is 26.3 Å². The van der Waals surface area contributed by atoms with E-state index < -0.39 is 0 Å². The Labute approximate surface area is 100 Å². The molecule has 1 atom stereocenters. The maximum atomic E-state index is 11.7. The molecule has 4 nitrogen and oxygen atoms in total. The van der Waals surface area contributed by atoms with Gasteiger partial charge in [0.15, 0.2) is 0 Å². The van der Waals surface area contributed by atoms with Gasteiger partial charge in [0, 0.05) is 17.0 Å². The van der Waals surface area contributed by atoms with E-state index in [2.05, 4.69) is 10.3 Å². The Morgan fingerprint density at radius 1 is 1.69 bits per heavy atom. The number of nitrogens with two attached hydrogens (primary N) is 1. The van der Waals surface area contributed by atoms with Crippen molar-refractivity contribution in [1.29, 1.82) is 0 Å². The van der Waals surface area contributed by atoms with Crippen LogP contribution in [0.15, 0.2) is 6.20 Å². The van der Waals surface area contributed by atoms with Crippen molar-refractivity contribution in [1.82, 2.24) is 10.3 Å². The van der Waals surface area contributed by atoms with Crippen LogP contribution < -0.4 is 11.1 Å². The largest absolute Gasteiger partial charge is 0.351 e. The normalized spacial score (nSPS) is 12.4. The van der Waals surface area contributed by atoms with Gasteiger partial charge in [0.1, 0.15) is 0 Å². The van der Waals surface area contributed by atoms with E-state index in [4.69, 9.17) is 5.73 Å². The number of nitrogens with one attached hydrogen (secondary N) is 1. The molecule has 1 aromatic rings. The summed E-state index contributed by atoms with van der Waals surface area (Å²) in [6, 6.07) is 0. The first-order chi connectivity index (χ1) is 7.63. The summed E-state index contributed by atoms with van der Waals surface area (Å²) in [4.78, 5) is 16.9. The Morgan fingerprint density at radius 2 is 2.44 bits per heavy atom. The number of amides is 1. The zero-order chi connectivity index (χ0) is 12.0. The van der Waals surface area contributed by atoms with E-state index >= 15 is 0 Å². The van der Waals surface area contributed by atoms with Crippen LogP contribution >= 0.6 is 11.3 Å². The van der Waals surface area contributed by atoms with Gasteiger partial charge < -0.3 is 11.1 Å². The van der Waals surface area contributed by atoms with Crippen molar-refractivity contribution in [3.8, 4) is 0 Å². The van der Waals surface area contributed by atoms with Crippen molar-refractivity contribution in [2.75, 3.05) is 6.54 Å². The van der Waals surface area contributed by atoms with Gasteiger partial charge >= 0.3 is 0 Å². The minimum atomic E-state index is 0.0394. The SMILES string of the molecule is Cc1ncc(CNC(=O)C(C)CCCN)s1. The maximum absolute atomic E-state index is 11.7. The highest BCUT2D eigenvalue weighted by molar-refractivity contribution is 7.11. The summed E-state index contributed by atoms with van der Waals surface area (Å²) in [6.45, 7) is 5.12. The van der Waals surface area contributed by atoms with Gasteiger partial charge in [-0.2, -0.15) is 0 Å². The molecule has 3 N–H and O–H groups in total. The molecule has 0 fully saturated rings. The summed E-state index contributed by atoms with van der Waals surface area (Å²) in [5, 5.41) is 3.94. The molecule has 5 heteroatoms. The summed E-state index contributed by atoms with van der Waals surface area (Å²) >= 11 is 1.61. The minimum absolute atomic E-state index is 0.0394. The highest BCUT2D eigenvalue weighted by atomic mass is 32.1. The lowest BCUT2D eigenvalue weighted by Crippen LogP contribution is -2.28. The zero-order valence-corrected chi connectivity index (χ0v) is 10.6. The Kier molecular flexibility index (Phi) is 5.42. The van der Waals surface area contributed by atoms with Crippen molar-refractivity contribution in [3.63, 3.8) is 0 Å². The molecule has 1 heterocycles. The van der Waals surface area contributed by atoms with E-state index in [0.717, 1.165) is 22.7 Å². The van der Waals surface area contributed by atoms with Crippen LogP contribution in [-0.2, 0) is 11.3 Å². The number of nitrogens with zero attached hydrogens (tertiary/aromatic N) is 1. The molecule has 1 amide bonds. The third-order valence-corrected chi connectivity index (χ3v) is 3.31. The fourth-order valence-corrected chi connectivity index (χ4v) is 2.13. The summed E-state index contributed by atoms with van der Waals surface area (Å²) in [5.41, 5.74) is 5.41. The number of rotatable bonds is 6. The average molecular weight is 241 g/mol. The van der Waals surface area contributed by atoms with Gasteiger partial charge in [0.2, 0.25) is 5.91 Å². The number of aromatic nitrogens is 1. The monoisotopic (exact) mass is 241 g/mol. The lowest BCUT2D eigenvalue weighted by Gasteiger charge is -2.10. The molecule has 0 bridgehead atoms. The first-order valence-electron chi connectivity index (χ1n) is 5.52. The lowest BCUT2D eigenvalue weighted by atomic mass is 10.1. The number of aryl methyl sites for hydroxylation is 1. The van der Waals surface area contributed by atoms with Gasteiger partial charge in [0.05, 0.1) is 11.6 Å².